The van der Waals surface area contributed by atoms with Crippen LogP contribution in [-0.4, -0.2) is 45.5 Å². The first-order valence-electron chi connectivity index (χ1n) is 11.7. The number of rotatable bonds is 6. The number of nitrogens with one attached hydrogen (secondary N) is 2. The van der Waals surface area contributed by atoms with Gasteiger partial charge in [0, 0.05) is 31.2 Å². The molecule has 1 aromatic heterocycles. The van der Waals surface area contributed by atoms with Crippen molar-refractivity contribution in [2.24, 2.45) is 17.5 Å². The molecule has 0 aromatic carbocycles. The Morgan fingerprint density at radius 1 is 1.14 bits per heavy atom. The number of guanidine groups is 1. The molecule has 1 spiro atoms. The van der Waals surface area contributed by atoms with Crippen molar-refractivity contribution in [1.82, 2.24) is 25.4 Å². The number of ether oxygens (including phenoxy) is 1. The van der Waals surface area contributed by atoms with Crippen molar-refractivity contribution in [2.75, 3.05) is 6.61 Å². The fourth-order valence-corrected chi connectivity index (χ4v) is 5.57. The van der Waals surface area contributed by atoms with Crippen LogP contribution in [0.15, 0.2) is 4.99 Å². The summed E-state index contributed by atoms with van der Waals surface area (Å²) in [6.45, 7) is 5.46. The predicted octanol–water partition coefficient (Wildman–Crippen LogP) is 3.23. The Morgan fingerprint density at radius 3 is 2.55 bits per heavy atom. The van der Waals surface area contributed by atoms with Gasteiger partial charge in [-0.3, -0.25) is 0 Å². The average molecular weight is 403 g/mol. The van der Waals surface area contributed by atoms with Crippen LogP contribution in [-0.2, 0) is 18.3 Å². The van der Waals surface area contributed by atoms with Gasteiger partial charge in [0.1, 0.15) is 12.4 Å². The minimum Gasteiger partial charge on any atom is -0.378 e. The Morgan fingerprint density at radius 2 is 1.90 bits per heavy atom. The molecule has 7 heteroatoms. The van der Waals surface area contributed by atoms with E-state index in [1.807, 2.05) is 18.5 Å². The highest BCUT2D eigenvalue weighted by Gasteiger charge is 2.56. The van der Waals surface area contributed by atoms with Gasteiger partial charge in [-0.05, 0) is 46.0 Å². The fraction of sp³-hybridized carbons (Fsp3) is 0.864. The molecular weight excluding hydrogens is 364 g/mol. The maximum atomic E-state index is 6.14. The Hall–Kier alpha value is -1.63. The van der Waals surface area contributed by atoms with Crippen LogP contribution in [0.2, 0.25) is 0 Å². The third-order valence-electron chi connectivity index (χ3n) is 7.51. The van der Waals surface area contributed by atoms with Crippen molar-refractivity contribution in [3.8, 4) is 0 Å². The summed E-state index contributed by atoms with van der Waals surface area (Å²) < 4.78 is 8.16. The van der Waals surface area contributed by atoms with Crippen LogP contribution in [0.4, 0.5) is 0 Å². The zero-order valence-corrected chi connectivity index (χ0v) is 18.4. The molecule has 2 atom stereocenters. The third kappa shape index (κ3) is 4.30. The number of aliphatic imine (C=N–C) groups is 1. The standard InChI is InChI=1S/C22H38N6O/c1-4-29-19-14-18(22(19)12-8-5-9-13-22)25-21(24-17-10-6-7-11-17)23-15-20-27-26-16(2)28(20)3/h17-19H,4-15H2,1-3H3,(H2,23,24,25). The Balaban J connectivity index is 1.48. The largest absolute Gasteiger partial charge is 0.378 e. The van der Waals surface area contributed by atoms with Gasteiger partial charge in [0.25, 0.3) is 0 Å². The second-order valence-corrected chi connectivity index (χ2v) is 9.18. The molecule has 0 amide bonds. The summed E-state index contributed by atoms with van der Waals surface area (Å²) in [6.07, 6.45) is 13.1. The number of hydrogen-bond acceptors (Lipinski definition) is 4. The van der Waals surface area contributed by atoms with Crippen molar-refractivity contribution >= 4 is 5.96 Å². The van der Waals surface area contributed by atoms with Crippen molar-refractivity contribution < 1.29 is 4.74 Å². The molecule has 4 rings (SSSR count). The fourth-order valence-electron chi connectivity index (χ4n) is 5.57. The van der Waals surface area contributed by atoms with E-state index >= 15 is 0 Å². The van der Waals surface area contributed by atoms with Crippen LogP contribution in [0.25, 0.3) is 0 Å². The highest BCUT2D eigenvalue weighted by Crippen LogP contribution is 2.53. The first-order valence-corrected chi connectivity index (χ1v) is 11.7. The van der Waals surface area contributed by atoms with Gasteiger partial charge < -0.3 is 19.9 Å². The van der Waals surface area contributed by atoms with Gasteiger partial charge in [0.15, 0.2) is 11.8 Å². The first-order chi connectivity index (χ1) is 14.1. The molecule has 2 unspecified atom stereocenters. The summed E-state index contributed by atoms with van der Waals surface area (Å²) in [5.41, 5.74) is 0.285. The molecule has 0 saturated heterocycles. The van der Waals surface area contributed by atoms with E-state index in [2.05, 4.69) is 27.8 Å². The van der Waals surface area contributed by atoms with Crippen LogP contribution in [0.1, 0.15) is 82.8 Å². The van der Waals surface area contributed by atoms with E-state index in [0.29, 0.717) is 24.7 Å². The number of hydrogen-bond donors (Lipinski definition) is 2. The second kappa shape index (κ2) is 9.02. The van der Waals surface area contributed by atoms with Gasteiger partial charge in [-0.2, -0.15) is 0 Å². The molecule has 1 aromatic rings. The van der Waals surface area contributed by atoms with Gasteiger partial charge >= 0.3 is 0 Å². The van der Waals surface area contributed by atoms with Crippen molar-refractivity contribution in [1.29, 1.82) is 0 Å². The summed E-state index contributed by atoms with van der Waals surface area (Å²) in [4.78, 5) is 4.93. The molecule has 29 heavy (non-hydrogen) atoms. The Bertz CT molecular complexity index is 702. The molecule has 3 aliphatic rings. The van der Waals surface area contributed by atoms with Gasteiger partial charge in [-0.15, -0.1) is 10.2 Å². The highest BCUT2D eigenvalue weighted by molar-refractivity contribution is 5.80. The lowest BCUT2D eigenvalue weighted by Crippen LogP contribution is -2.67. The Kier molecular flexibility index (Phi) is 6.42. The summed E-state index contributed by atoms with van der Waals surface area (Å²) in [5, 5.41) is 16.0. The number of aryl methyl sites for hydroxylation is 1. The molecule has 162 valence electrons. The maximum Gasteiger partial charge on any atom is 0.192 e. The predicted molar refractivity (Wildman–Crippen MR) is 115 cm³/mol. The molecule has 0 bridgehead atoms. The molecule has 1 heterocycles. The summed E-state index contributed by atoms with van der Waals surface area (Å²) in [7, 11) is 2.01. The van der Waals surface area contributed by atoms with Crippen LogP contribution in [0.3, 0.4) is 0 Å². The van der Waals surface area contributed by atoms with E-state index in [0.717, 1.165) is 30.6 Å². The Labute approximate surface area is 175 Å². The summed E-state index contributed by atoms with van der Waals surface area (Å²) >= 11 is 0. The maximum absolute atomic E-state index is 6.14. The molecule has 0 aliphatic heterocycles. The SMILES string of the molecule is CCOC1CC(NC(=NCc2nnc(C)n2C)NC2CCCC2)C12CCCCC2. The van der Waals surface area contributed by atoms with Crippen molar-refractivity contribution in [3.63, 3.8) is 0 Å². The normalized spacial score (nSPS) is 27.2. The van der Waals surface area contributed by atoms with Crippen molar-refractivity contribution in [3.05, 3.63) is 11.6 Å². The lowest BCUT2D eigenvalue weighted by Gasteiger charge is -2.58. The van der Waals surface area contributed by atoms with Crippen LogP contribution < -0.4 is 10.6 Å². The van der Waals surface area contributed by atoms with E-state index in [1.54, 1.807) is 0 Å². The second-order valence-electron chi connectivity index (χ2n) is 9.18. The van der Waals surface area contributed by atoms with E-state index in [1.165, 1.54) is 57.8 Å². The van der Waals surface area contributed by atoms with E-state index in [-0.39, 0.29) is 5.41 Å². The lowest BCUT2D eigenvalue weighted by atomic mass is 9.55. The molecule has 3 aliphatic carbocycles. The van der Waals surface area contributed by atoms with E-state index in [4.69, 9.17) is 9.73 Å². The number of nitrogens with zero attached hydrogens (tertiary/aromatic N) is 4. The molecule has 3 saturated carbocycles. The van der Waals surface area contributed by atoms with Crippen LogP contribution in [0, 0.1) is 12.3 Å². The van der Waals surface area contributed by atoms with Crippen molar-refractivity contribution in [2.45, 2.75) is 103 Å². The van der Waals surface area contributed by atoms with Crippen LogP contribution >= 0.6 is 0 Å². The lowest BCUT2D eigenvalue weighted by molar-refractivity contribution is -0.145. The summed E-state index contributed by atoms with van der Waals surface area (Å²) in [5.74, 6) is 2.78. The van der Waals surface area contributed by atoms with Crippen LogP contribution in [0.5, 0.6) is 0 Å². The van der Waals surface area contributed by atoms with Gasteiger partial charge in [0.2, 0.25) is 0 Å². The topological polar surface area (TPSA) is 76.4 Å². The first kappa shape index (κ1) is 20.6. The minimum atomic E-state index is 0.285. The van der Waals surface area contributed by atoms with Gasteiger partial charge in [-0.25, -0.2) is 4.99 Å². The minimum absolute atomic E-state index is 0.285. The van der Waals surface area contributed by atoms with E-state index in [9.17, 15) is 0 Å². The molecule has 0 radical (unpaired) electrons. The number of aromatic nitrogens is 3. The molecular formula is C22H38N6O. The quantitative estimate of drug-likeness (QED) is 0.564. The highest BCUT2D eigenvalue weighted by atomic mass is 16.5. The zero-order valence-electron chi connectivity index (χ0n) is 18.4. The summed E-state index contributed by atoms with van der Waals surface area (Å²) in [6, 6.07) is 0.987. The molecule has 3 fully saturated rings. The molecule has 2 N–H and O–H groups in total. The van der Waals surface area contributed by atoms with Gasteiger partial charge in [0.05, 0.1) is 6.10 Å². The van der Waals surface area contributed by atoms with E-state index < -0.39 is 0 Å². The smallest absolute Gasteiger partial charge is 0.192 e. The average Bonchev–Trinajstić information content (AvgIpc) is 3.36. The third-order valence-corrected chi connectivity index (χ3v) is 7.51. The van der Waals surface area contributed by atoms with Gasteiger partial charge in [-0.1, -0.05) is 32.1 Å². The molecule has 7 nitrogen and oxygen atoms in total. The zero-order chi connectivity index (χ0) is 20.3. The monoisotopic (exact) mass is 402 g/mol.